The number of benzene rings is 1. The number of hydrogen-bond acceptors (Lipinski definition) is 4. The molecule has 2 amide bonds. The van der Waals surface area contributed by atoms with E-state index in [0.717, 1.165) is 31.2 Å². The van der Waals surface area contributed by atoms with Crippen molar-refractivity contribution in [1.29, 1.82) is 0 Å². The van der Waals surface area contributed by atoms with Gasteiger partial charge in [0.25, 0.3) is 0 Å². The van der Waals surface area contributed by atoms with E-state index in [-0.39, 0.29) is 36.0 Å². The second-order valence-corrected chi connectivity index (χ2v) is 6.16. The number of carbonyl (C=O) groups is 3. The van der Waals surface area contributed by atoms with E-state index in [9.17, 15) is 14.4 Å². The van der Waals surface area contributed by atoms with Gasteiger partial charge in [-0.2, -0.15) is 0 Å². The van der Waals surface area contributed by atoms with E-state index in [1.165, 1.54) is 4.90 Å². The molecule has 0 aromatic heterocycles. The maximum absolute atomic E-state index is 12.5. The molecule has 0 radical (unpaired) electrons. The average Bonchev–Trinajstić information content (AvgIpc) is 2.81. The molecule has 1 saturated carbocycles. The lowest BCUT2D eigenvalue weighted by atomic mass is 9.81. The normalized spacial score (nSPS) is 23.8. The van der Waals surface area contributed by atoms with Crippen molar-refractivity contribution in [2.45, 2.75) is 39.0 Å². The van der Waals surface area contributed by atoms with Crippen molar-refractivity contribution in [2.75, 3.05) is 11.5 Å². The lowest BCUT2D eigenvalue weighted by Crippen LogP contribution is -2.30. The number of amides is 2. The van der Waals surface area contributed by atoms with Gasteiger partial charge >= 0.3 is 5.97 Å². The van der Waals surface area contributed by atoms with E-state index >= 15 is 0 Å². The molecule has 2 aliphatic rings. The van der Waals surface area contributed by atoms with Crippen LogP contribution in [0.4, 0.5) is 5.69 Å². The third-order valence-electron chi connectivity index (χ3n) is 4.69. The first kappa shape index (κ1) is 15.7. The quantitative estimate of drug-likeness (QED) is 0.632. The molecule has 1 aliphatic heterocycles. The number of carbonyl (C=O) groups excluding carboxylic acids is 3. The molecular weight excluding hydrogens is 294 g/mol. The number of fused-ring (bicyclic) bond motifs is 1. The van der Waals surface area contributed by atoms with Crippen molar-refractivity contribution < 1.29 is 19.1 Å². The molecule has 2 unspecified atom stereocenters. The van der Waals surface area contributed by atoms with Crippen LogP contribution in [0.2, 0.25) is 0 Å². The maximum Gasteiger partial charge on any atom is 0.310 e. The molecule has 1 aromatic carbocycles. The van der Waals surface area contributed by atoms with E-state index in [2.05, 4.69) is 0 Å². The Kier molecular flexibility index (Phi) is 4.46. The SMILES string of the molecule is CCOC(=O)Cc1ccc(N2C(=O)C3CCCCC3C2=O)cc1. The van der Waals surface area contributed by atoms with Gasteiger partial charge in [0.1, 0.15) is 0 Å². The highest BCUT2D eigenvalue weighted by Crippen LogP contribution is 2.40. The van der Waals surface area contributed by atoms with Gasteiger partial charge in [-0.1, -0.05) is 25.0 Å². The molecule has 23 heavy (non-hydrogen) atoms. The van der Waals surface area contributed by atoms with Gasteiger partial charge < -0.3 is 4.74 Å². The molecule has 1 aliphatic carbocycles. The number of ether oxygens (including phenoxy) is 1. The first-order valence-corrected chi connectivity index (χ1v) is 8.24. The molecule has 2 fully saturated rings. The molecule has 5 heteroatoms. The Hall–Kier alpha value is -2.17. The Balaban J connectivity index is 1.75. The standard InChI is InChI=1S/C18H21NO4/c1-2-23-16(20)11-12-7-9-13(10-8-12)19-17(21)14-5-3-4-6-15(14)18(19)22/h7-10,14-15H,2-6,11H2,1H3. The summed E-state index contributed by atoms with van der Waals surface area (Å²) in [6, 6.07) is 7.02. The Morgan fingerprint density at radius 3 is 2.17 bits per heavy atom. The van der Waals surface area contributed by atoms with Crippen molar-refractivity contribution >= 4 is 23.5 Å². The topological polar surface area (TPSA) is 63.7 Å². The largest absolute Gasteiger partial charge is 0.466 e. The number of hydrogen-bond donors (Lipinski definition) is 0. The summed E-state index contributed by atoms with van der Waals surface area (Å²) in [6.07, 6.45) is 3.86. The molecule has 3 rings (SSSR count). The zero-order chi connectivity index (χ0) is 16.4. The predicted molar refractivity (Wildman–Crippen MR) is 84.7 cm³/mol. The molecule has 122 valence electrons. The summed E-state index contributed by atoms with van der Waals surface area (Å²) >= 11 is 0. The summed E-state index contributed by atoms with van der Waals surface area (Å²) in [6.45, 7) is 2.13. The van der Waals surface area contributed by atoms with Crippen LogP contribution in [0.25, 0.3) is 0 Å². The fraction of sp³-hybridized carbons (Fsp3) is 0.500. The Morgan fingerprint density at radius 2 is 1.65 bits per heavy atom. The second kappa shape index (κ2) is 6.52. The van der Waals surface area contributed by atoms with E-state index < -0.39 is 0 Å². The highest BCUT2D eigenvalue weighted by Gasteiger charge is 2.48. The van der Waals surface area contributed by atoms with Crippen LogP contribution in [-0.4, -0.2) is 24.4 Å². The summed E-state index contributed by atoms with van der Waals surface area (Å²) in [7, 11) is 0. The van der Waals surface area contributed by atoms with Gasteiger partial charge in [0.15, 0.2) is 0 Å². The van der Waals surface area contributed by atoms with Gasteiger partial charge in [-0.15, -0.1) is 0 Å². The van der Waals surface area contributed by atoms with Crippen LogP contribution in [-0.2, 0) is 25.5 Å². The summed E-state index contributed by atoms with van der Waals surface area (Å²) in [5, 5.41) is 0. The molecule has 1 aromatic rings. The van der Waals surface area contributed by atoms with Crippen molar-refractivity contribution in [3.63, 3.8) is 0 Å². The van der Waals surface area contributed by atoms with Crippen molar-refractivity contribution in [1.82, 2.24) is 0 Å². The van der Waals surface area contributed by atoms with Crippen LogP contribution < -0.4 is 4.90 Å². The molecule has 0 N–H and O–H groups in total. The molecule has 1 saturated heterocycles. The molecular formula is C18H21NO4. The van der Waals surface area contributed by atoms with Gasteiger partial charge in [0.05, 0.1) is 30.6 Å². The number of rotatable bonds is 4. The smallest absolute Gasteiger partial charge is 0.310 e. The third kappa shape index (κ3) is 3.00. The number of anilines is 1. The van der Waals surface area contributed by atoms with E-state index in [4.69, 9.17) is 4.74 Å². The van der Waals surface area contributed by atoms with Crippen LogP contribution >= 0.6 is 0 Å². The average molecular weight is 315 g/mol. The Labute approximate surface area is 135 Å². The van der Waals surface area contributed by atoms with Crippen molar-refractivity contribution in [3.05, 3.63) is 29.8 Å². The van der Waals surface area contributed by atoms with Crippen LogP contribution in [0.5, 0.6) is 0 Å². The minimum atomic E-state index is -0.278. The molecule has 0 bridgehead atoms. The summed E-state index contributed by atoms with van der Waals surface area (Å²) < 4.78 is 4.92. The van der Waals surface area contributed by atoms with Crippen LogP contribution in [0.15, 0.2) is 24.3 Å². The number of nitrogens with zero attached hydrogens (tertiary/aromatic N) is 1. The fourth-order valence-corrected chi connectivity index (χ4v) is 3.56. The minimum absolute atomic E-state index is 0.0714. The number of imide groups is 1. The monoisotopic (exact) mass is 315 g/mol. The summed E-state index contributed by atoms with van der Waals surface area (Å²) in [4.78, 5) is 37.9. The zero-order valence-corrected chi connectivity index (χ0v) is 13.3. The lowest BCUT2D eigenvalue weighted by Gasteiger charge is -2.19. The Bertz CT molecular complexity index is 598. The minimum Gasteiger partial charge on any atom is -0.466 e. The van der Waals surface area contributed by atoms with Gasteiger partial charge in [0.2, 0.25) is 11.8 Å². The van der Waals surface area contributed by atoms with Crippen LogP contribution in [0.3, 0.4) is 0 Å². The Morgan fingerprint density at radius 1 is 1.09 bits per heavy atom. The molecule has 5 nitrogen and oxygen atoms in total. The van der Waals surface area contributed by atoms with Gasteiger partial charge in [-0.25, -0.2) is 0 Å². The lowest BCUT2D eigenvalue weighted by molar-refractivity contribution is -0.142. The molecule has 2 atom stereocenters. The second-order valence-electron chi connectivity index (χ2n) is 6.16. The summed E-state index contributed by atoms with van der Waals surface area (Å²) in [5.74, 6) is -0.707. The third-order valence-corrected chi connectivity index (χ3v) is 4.69. The van der Waals surface area contributed by atoms with Gasteiger partial charge in [-0.05, 0) is 37.5 Å². The van der Waals surface area contributed by atoms with E-state index in [1.807, 2.05) is 0 Å². The number of esters is 1. The highest BCUT2D eigenvalue weighted by molar-refractivity contribution is 6.22. The highest BCUT2D eigenvalue weighted by atomic mass is 16.5. The van der Waals surface area contributed by atoms with E-state index in [0.29, 0.717) is 12.3 Å². The van der Waals surface area contributed by atoms with Crippen molar-refractivity contribution in [3.8, 4) is 0 Å². The maximum atomic E-state index is 12.5. The summed E-state index contributed by atoms with van der Waals surface area (Å²) in [5.41, 5.74) is 1.41. The van der Waals surface area contributed by atoms with Gasteiger partial charge in [-0.3, -0.25) is 19.3 Å². The van der Waals surface area contributed by atoms with E-state index in [1.54, 1.807) is 31.2 Å². The molecule has 1 heterocycles. The van der Waals surface area contributed by atoms with Crippen LogP contribution in [0, 0.1) is 11.8 Å². The van der Waals surface area contributed by atoms with Crippen molar-refractivity contribution in [2.24, 2.45) is 11.8 Å². The molecule has 0 spiro atoms. The first-order chi connectivity index (χ1) is 11.1. The van der Waals surface area contributed by atoms with Crippen LogP contribution in [0.1, 0.15) is 38.2 Å². The zero-order valence-electron chi connectivity index (χ0n) is 13.3. The predicted octanol–water partition coefficient (Wildman–Crippen LogP) is 2.47. The first-order valence-electron chi connectivity index (χ1n) is 8.24. The van der Waals surface area contributed by atoms with Gasteiger partial charge in [0, 0.05) is 0 Å². The fourth-order valence-electron chi connectivity index (χ4n) is 3.56.